The number of imidazole rings is 1. The number of nitrogens with zero attached hydrogens (tertiary/aromatic N) is 3. The fourth-order valence-corrected chi connectivity index (χ4v) is 4.33. The van der Waals surface area contributed by atoms with Crippen LogP contribution in [0.15, 0.2) is 60.2 Å². The second-order valence-electron chi connectivity index (χ2n) is 7.23. The molecule has 5 nitrogen and oxygen atoms in total. The van der Waals surface area contributed by atoms with Crippen LogP contribution in [0.3, 0.4) is 0 Å². The Kier molecular flexibility index (Phi) is 4.69. The first-order valence-electron chi connectivity index (χ1n) is 9.70. The highest BCUT2D eigenvalue weighted by Crippen LogP contribution is 2.24. The average Bonchev–Trinajstić information content (AvgIpc) is 3.36. The molecule has 0 bridgehead atoms. The summed E-state index contributed by atoms with van der Waals surface area (Å²) < 4.78 is 1.11. The van der Waals surface area contributed by atoms with Crippen molar-refractivity contribution in [2.24, 2.45) is 0 Å². The number of aromatic nitrogens is 4. The van der Waals surface area contributed by atoms with Gasteiger partial charge >= 0.3 is 0 Å². The third-order valence-electron chi connectivity index (χ3n) is 5.03. The smallest absolute Gasteiger partial charge is 0.147 e. The molecular formula is C23H21N5S. The van der Waals surface area contributed by atoms with E-state index in [-0.39, 0.29) is 0 Å². The van der Waals surface area contributed by atoms with Gasteiger partial charge in [-0.05, 0) is 53.6 Å². The molecule has 0 saturated carbocycles. The molecule has 0 fully saturated rings. The second kappa shape index (κ2) is 7.64. The van der Waals surface area contributed by atoms with Crippen LogP contribution in [0, 0.1) is 6.92 Å². The summed E-state index contributed by atoms with van der Waals surface area (Å²) in [6.07, 6.45) is 3.37. The van der Waals surface area contributed by atoms with Crippen LogP contribution in [0.5, 0.6) is 0 Å². The summed E-state index contributed by atoms with van der Waals surface area (Å²) in [4.78, 5) is 16.8. The number of nitrogens with one attached hydrogen (secondary N) is 2. The molecule has 0 atom stereocenters. The van der Waals surface area contributed by atoms with Crippen molar-refractivity contribution in [3.05, 3.63) is 82.8 Å². The van der Waals surface area contributed by atoms with E-state index in [1.54, 1.807) is 17.7 Å². The zero-order valence-corrected chi connectivity index (χ0v) is 17.0. The van der Waals surface area contributed by atoms with Crippen LogP contribution in [0.1, 0.15) is 22.5 Å². The van der Waals surface area contributed by atoms with Gasteiger partial charge in [-0.1, -0.05) is 30.3 Å². The Morgan fingerprint density at radius 3 is 2.72 bits per heavy atom. The number of rotatable bonds is 6. The lowest BCUT2D eigenvalue weighted by atomic mass is 10.1. The summed E-state index contributed by atoms with van der Waals surface area (Å²) in [5.41, 5.74) is 6.93. The van der Waals surface area contributed by atoms with Gasteiger partial charge in [-0.2, -0.15) is 0 Å². The molecule has 0 aliphatic carbocycles. The van der Waals surface area contributed by atoms with Gasteiger partial charge < -0.3 is 10.3 Å². The van der Waals surface area contributed by atoms with Crippen molar-refractivity contribution >= 4 is 38.4 Å². The van der Waals surface area contributed by atoms with Crippen LogP contribution in [0.25, 0.3) is 21.3 Å². The second-order valence-corrected chi connectivity index (χ2v) is 8.15. The van der Waals surface area contributed by atoms with Gasteiger partial charge in [-0.3, -0.25) is 0 Å². The van der Waals surface area contributed by atoms with Crippen LogP contribution < -0.4 is 5.32 Å². The van der Waals surface area contributed by atoms with Crippen molar-refractivity contribution in [3.8, 4) is 0 Å². The van der Waals surface area contributed by atoms with Crippen molar-refractivity contribution in [1.82, 2.24) is 19.9 Å². The van der Waals surface area contributed by atoms with Crippen LogP contribution >= 0.6 is 11.3 Å². The van der Waals surface area contributed by atoms with Crippen LogP contribution in [0.4, 0.5) is 5.82 Å². The van der Waals surface area contributed by atoms with Crippen molar-refractivity contribution < 1.29 is 0 Å². The van der Waals surface area contributed by atoms with Gasteiger partial charge in [0.25, 0.3) is 0 Å². The summed E-state index contributed by atoms with van der Waals surface area (Å²) in [7, 11) is 0. The molecule has 0 amide bonds. The highest BCUT2D eigenvalue weighted by Gasteiger charge is 2.06. The normalized spacial score (nSPS) is 11.3. The van der Waals surface area contributed by atoms with Crippen molar-refractivity contribution in [1.29, 1.82) is 0 Å². The number of anilines is 1. The SMILES string of the molecule is Cc1ccc2nc(Cc3ccc(CCNc4ncnc5ccsc45)cc3)[nH]c2c1. The molecule has 3 aromatic heterocycles. The maximum atomic E-state index is 4.70. The predicted molar refractivity (Wildman–Crippen MR) is 120 cm³/mol. The number of aryl methyl sites for hydroxylation is 1. The van der Waals surface area contributed by atoms with E-state index in [9.17, 15) is 0 Å². The zero-order valence-electron chi connectivity index (χ0n) is 16.1. The molecule has 0 spiro atoms. The number of hydrogen-bond donors (Lipinski definition) is 2. The summed E-state index contributed by atoms with van der Waals surface area (Å²) in [6, 6.07) is 17.1. The molecule has 0 radical (unpaired) electrons. The van der Waals surface area contributed by atoms with E-state index in [4.69, 9.17) is 4.98 Å². The summed E-state index contributed by atoms with van der Waals surface area (Å²) in [6.45, 7) is 2.94. The summed E-state index contributed by atoms with van der Waals surface area (Å²) in [5.74, 6) is 1.92. The molecule has 0 aliphatic heterocycles. The van der Waals surface area contributed by atoms with Crippen LogP contribution in [-0.2, 0) is 12.8 Å². The Hall–Kier alpha value is -3.25. The number of hydrogen-bond acceptors (Lipinski definition) is 5. The minimum atomic E-state index is 0.809. The molecule has 144 valence electrons. The van der Waals surface area contributed by atoms with Gasteiger partial charge in [0.2, 0.25) is 0 Å². The minimum Gasteiger partial charge on any atom is -0.368 e. The molecule has 3 heterocycles. The lowest BCUT2D eigenvalue weighted by Gasteiger charge is -2.07. The highest BCUT2D eigenvalue weighted by atomic mass is 32.1. The predicted octanol–water partition coefficient (Wildman–Crippen LogP) is 5.12. The lowest BCUT2D eigenvalue weighted by molar-refractivity contribution is 0.997. The third kappa shape index (κ3) is 3.84. The summed E-state index contributed by atoms with van der Waals surface area (Å²) in [5, 5.41) is 5.49. The number of aromatic amines is 1. The molecule has 2 N–H and O–H groups in total. The average molecular weight is 400 g/mol. The fourth-order valence-electron chi connectivity index (χ4n) is 3.52. The first-order valence-corrected chi connectivity index (χ1v) is 10.6. The van der Waals surface area contributed by atoms with Gasteiger partial charge in [0.1, 0.15) is 18.0 Å². The van der Waals surface area contributed by atoms with Crippen molar-refractivity contribution in [3.63, 3.8) is 0 Å². The van der Waals surface area contributed by atoms with Crippen LogP contribution in [-0.4, -0.2) is 26.5 Å². The number of benzene rings is 2. The molecule has 0 unspecified atom stereocenters. The van der Waals surface area contributed by atoms with E-state index in [0.29, 0.717) is 0 Å². The Morgan fingerprint density at radius 2 is 1.83 bits per heavy atom. The Bertz CT molecular complexity index is 1270. The zero-order chi connectivity index (χ0) is 19.6. The minimum absolute atomic E-state index is 0.809. The molecular weight excluding hydrogens is 378 g/mol. The number of H-pyrrole nitrogens is 1. The van der Waals surface area contributed by atoms with Crippen molar-refractivity contribution in [2.45, 2.75) is 19.8 Å². The monoisotopic (exact) mass is 399 g/mol. The molecule has 5 aromatic rings. The van der Waals surface area contributed by atoms with Gasteiger partial charge in [-0.25, -0.2) is 15.0 Å². The van der Waals surface area contributed by atoms with Gasteiger partial charge in [0.15, 0.2) is 0 Å². The highest BCUT2D eigenvalue weighted by molar-refractivity contribution is 7.17. The Morgan fingerprint density at radius 1 is 0.966 bits per heavy atom. The Balaban J connectivity index is 1.21. The molecule has 0 aliphatic rings. The fraction of sp³-hybridized carbons (Fsp3) is 0.174. The number of fused-ring (bicyclic) bond motifs is 2. The van der Waals surface area contributed by atoms with Gasteiger partial charge in [0.05, 0.1) is 21.3 Å². The largest absolute Gasteiger partial charge is 0.368 e. The van der Waals surface area contributed by atoms with E-state index in [1.165, 1.54) is 16.7 Å². The number of thiophene rings is 1. The topological polar surface area (TPSA) is 66.5 Å². The van der Waals surface area contributed by atoms with Crippen LogP contribution in [0.2, 0.25) is 0 Å². The van der Waals surface area contributed by atoms with E-state index < -0.39 is 0 Å². The molecule has 6 heteroatoms. The first kappa shape index (κ1) is 17.8. The molecule has 0 saturated heterocycles. The standard InChI is InChI=1S/C23H21N5S/c1-15-2-7-18-20(12-15)28-21(27-18)13-17-5-3-16(4-6-17)8-10-24-23-22-19(9-11-29-22)25-14-26-23/h2-7,9,11-12,14H,8,10,13H2,1H3,(H,27,28)(H,24,25,26). The van der Waals surface area contributed by atoms with Gasteiger partial charge in [-0.15, -0.1) is 11.3 Å². The quantitative estimate of drug-likeness (QED) is 0.416. The van der Waals surface area contributed by atoms with E-state index in [1.807, 2.05) is 11.4 Å². The van der Waals surface area contributed by atoms with E-state index >= 15 is 0 Å². The summed E-state index contributed by atoms with van der Waals surface area (Å²) >= 11 is 1.67. The molecule has 5 rings (SSSR count). The Labute approximate surface area is 172 Å². The first-order chi connectivity index (χ1) is 14.2. The molecule has 2 aromatic carbocycles. The lowest BCUT2D eigenvalue weighted by Crippen LogP contribution is -2.06. The maximum absolute atomic E-state index is 4.70. The maximum Gasteiger partial charge on any atom is 0.147 e. The van der Waals surface area contributed by atoms with E-state index in [2.05, 4.69) is 69.7 Å². The van der Waals surface area contributed by atoms with Gasteiger partial charge in [0, 0.05) is 13.0 Å². The third-order valence-corrected chi connectivity index (χ3v) is 5.94. The van der Waals surface area contributed by atoms with E-state index in [0.717, 1.165) is 52.3 Å². The van der Waals surface area contributed by atoms with Crippen molar-refractivity contribution in [2.75, 3.05) is 11.9 Å². The molecule has 29 heavy (non-hydrogen) atoms.